The van der Waals surface area contributed by atoms with E-state index in [-0.39, 0.29) is 17.7 Å². The molecule has 0 spiro atoms. The number of hydrogen-bond acceptors (Lipinski definition) is 7. The van der Waals surface area contributed by atoms with Crippen molar-refractivity contribution in [3.05, 3.63) is 79.2 Å². The highest BCUT2D eigenvalue weighted by Gasteiger charge is 2.28. The SMILES string of the molecule is CCOC(=O)C(C(=O)c1ccccc1)=c1sc(=C2Sc3ccc(C)cc3N2C)c(=O)n1CC. The van der Waals surface area contributed by atoms with Gasteiger partial charge in [-0.15, -0.1) is 11.3 Å². The molecule has 6 nitrogen and oxygen atoms in total. The molecule has 0 saturated heterocycles. The molecule has 1 aromatic heterocycles. The lowest BCUT2D eigenvalue weighted by molar-refractivity contribution is -0.136. The second kappa shape index (κ2) is 9.41. The van der Waals surface area contributed by atoms with Crippen molar-refractivity contribution in [2.24, 2.45) is 0 Å². The lowest BCUT2D eigenvalue weighted by Gasteiger charge is -2.12. The zero-order chi connectivity index (χ0) is 23.7. The molecular formula is C25H24N2O4S2. The number of thiazole rings is 1. The summed E-state index contributed by atoms with van der Waals surface area (Å²) in [7, 11) is 1.92. The van der Waals surface area contributed by atoms with Gasteiger partial charge in [-0.3, -0.25) is 14.2 Å². The Hall–Kier alpha value is -3.10. The van der Waals surface area contributed by atoms with Crippen molar-refractivity contribution >= 4 is 51.1 Å². The van der Waals surface area contributed by atoms with Crippen LogP contribution in [0.3, 0.4) is 0 Å². The zero-order valence-corrected chi connectivity index (χ0v) is 20.5. The number of benzene rings is 2. The van der Waals surface area contributed by atoms with Gasteiger partial charge >= 0.3 is 5.97 Å². The third kappa shape index (κ3) is 4.16. The van der Waals surface area contributed by atoms with E-state index in [2.05, 4.69) is 6.07 Å². The van der Waals surface area contributed by atoms with Gasteiger partial charge in [-0.05, 0) is 38.5 Å². The standard InChI is InChI=1S/C25H24N2O4S2/c1-5-27-22(29)21(24-26(4)17-14-15(3)12-13-18(17)32-24)33-23(27)19(25(30)31-6-2)20(28)16-10-8-7-9-11-16/h7-14H,5-6H2,1-4H3. The van der Waals surface area contributed by atoms with Crippen LogP contribution in [-0.2, 0) is 16.1 Å². The number of hydrogen-bond donors (Lipinski definition) is 0. The Morgan fingerprint density at radius 3 is 2.45 bits per heavy atom. The zero-order valence-electron chi connectivity index (χ0n) is 18.9. The van der Waals surface area contributed by atoms with Gasteiger partial charge in [0.15, 0.2) is 0 Å². The van der Waals surface area contributed by atoms with Gasteiger partial charge in [-0.1, -0.05) is 48.2 Å². The predicted molar refractivity (Wildman–Crippen MR) is 133 cm³/mol. The third-order valence-corrected chi connectivity index (χ3v) is 7.89. The monoisotopic (exact) mass is 480 g/mol. The first-order chi connectivity index (χ1) is 15.9. The minimum Gasteiger partial charge on any atom is -0.462 e. The molecule has 0 amide bonds. The number of thioether (sulfide) groups is 1. The molecule has 0 bridgehead atoms. The van der Waals surface area contributed by atoms with E-state index < -0.39 is 11.8 Å². The van der Waals surface area contributed by atoms with Crippen LogP contribution in [0.25, 0.3) is 10.6 Å². The molecule has 0 unspecified atom stereocenters. The lowest BCUT2D eigenvalue weighted by atomic mass is 10.0. The number of fused-ring (bicyclic) bond motifs is 1. The molecule has 0 saturated carbocycles. The summed E-state index contributed by atoms with van der Waals surface area (Å²) in [6, 6.07) is 14.7. The smallest absolute Gasteiger partial charge is 0.345 e. The van der Waals surface area contributed by atoms with Crippen LogP contribution in [0.1, 0.15) is 29.8 Å². The average Bonchev–Trinajstić information content (AvgIpc) is 3.30. The van der Waals surface area contributed by atoms with Crippen LogP contribution in [0.5, 0.6) is 0 Å². The van der Waals surface area contributed by atoms with Crippen LogP contribution in [0.15, 0.2) is 58.2 Å². The molecule has 0 aliphatic carbocycles. The second-order valence-corrected chi connectivity index (χ2v) is 9.54. The molecule has 170 valence electrons. The highest BCUT2D eigenvalue weighted by molar-refractivity contribution is 8.08. The Kier molecular flexibility index (Phi) is 6.58. The predicted octanol–water partition coefficient (Wildman–Crippen LogP) is 3.14. The molecule has 0 N–H and O–H groups in total. The van der Waals surface area contributed by atoms with Crippen molar-refractivity contribution in [3.63, 3.8) is 0 Å². The van der Waals surface area contributed by atoms with E-state index in [4.69, 9.17) is 4.74 Å². The van der Waals surface area contributed by atoms with Crippen molar-refractivity contribution in [3.8, 4) is 0 Å². The summed E-state index contributed by atoms with van der Waals surface area (Å²) in [6.45, 7) is 5.99. The summed E-state index contributed by atoms with van der Waals surface area (Å²) in [4.78, 5) is 42.8. The number of nitrogens with zero attached hydrogens (tertiary/aromatic N) is 2. The van der Waals surface area contributed by atoms with Crippen molar-refractivity contribution in [2.45, 2.75) is 32.2 Å². The number of carbonyl (C=O) groups is 2. The first kappa shape index (κ1) is 23.1. The third-order valence-electron chi connectivity index (χ3n) is 5.34. The number of carbonyl (C=O) groups excluding carboxylic acids is 2. The van der Waals surface area contributed by atoms with Gasteiger partial charge < -0.3 is 9.64 Å². The summed E-state index contributed by atoms with van der Waals surface area (Å²) in [5.41, 5.74) is 2.19. The maximum absolute atomic E-state index is 13.5. The summed E-state index contributed by atoms with van der Waals surface area (Å²) < 4.78 is 7.54. The Bertz CT molecular complexity index is 1420. The molecule has 0 atom stereocenters. The van der Waals surface area contributed by atoms with Crippen molar-refractivity contribution in [1.29, 1.82) is 0 Å². The fourth-order valence-electron chi connectivity index (χ4n) is 3.69. The van der Waals surface area contributed by atoms with Gasteiger partial charge in [-0.25, -0.2) is 4.79 Å². The Labute approximate surface area is 199 Å². The van der Waals surface area contributed by atoms with Crippen molar-refractivity contribution in [2.75, 3.05) is 18.6 Å². The molecule has 33 heavy (non-hydrogen) atoms. The van der Waals surface area contributed by atoms with Gasteiger partial charge in [0.1, 0.15) is 19.8 Å². The molecule has 1 aliphatic heterocycles. The Morgan fingerprint density at radius 1 is 1.06 bits per heavy atom. The molecule has 1 aliphatic rings. The van der Waals surface area contributed by atoms with E-state index in [0.717, 1.165) is 32.5 Å². The van der Waals surface area contributed by atoms with Crippen LogP contribution in [0.4, 0.5) is 5.69 Å². The highest BCUT2D eigenvalue weighted by Crippen LogP contribution is 2.45. The van der Waals surface area contributed by atoms with Crippen molar-refractivity contribution in [1.82, 2.24) is 4.57 Å². The van der Waals surface area contributed by atoms with Crippen LogP contribution < -0.4 is 19.7 Å². The maximum Gasteiger partial charge on any atom is 0.345 e. The summed E-state index contributed by atoms with van der Waals surface area (Å²) >= 11 is 2.68. The van der Waals surface area contributed by atoms with E-state index >= 15 is 0 Å². The van der Waals surface area contributed by atoms with Gasteiger partial charge in [0.05, 0.1) is 12.3 Å². The number of anilines is 1. The molecule has 8 heteroatoms. The van der Waals surface area contributed by atoms with E-state index in [1.54, 1.807) is 37.3 Å². The van der Waals surface area contributed by atoms with Crippen LogP contribution >= 0.6 is 23.1 Å². The van der Waals surface area contributed by atoms with Crippen LogP contribution in [0, 0.1) is 6.92 Å². The Morgan fingerprint density at radius 2 is 1.79 bits per heavy atom. The number of aryl methyl sites for hydroxylation is 1. The largest absolute Gasteiger partial charge is 0.462 e. The van der Waals surface area contributed by atoms with E-state index in [9.17, 15) is 14.4 Å². The maximum atomic E-state index is 13.5. The van der Waals surface area contributed by atoms with Crippen molar-refractivity contribution < 1.29 is 14.3 Å². The molecule has 0 fully saturated rings. The molecule has 2 aromatic carbocycles. The summed E-state index contributed by atoms with van der Waals surface area (Å²) in [5.74, 6) is -1.18. The van der Waals surface area contributed by atoms with E-state index in [0.29, 0.717) is 21.3 Å². The number of Topliss-reactive ketones (excluding diaryl/α,β-unsaturated/α-hetero) is 1. The second-order valence-electron chi connectivity index (χ2n) is 7.51. The number of rotatable bonds is 5. The normalized spacial score (nSPS) is 15.3. The lowest BCUT2D eigenvalue weighted by Crippen LogP contribution is -2.35. The average molecular weight is 481 g/mol. The molecule has 2 heterocycles. The van der Waals surface area contributed by atoms with Gasteiger partial charge in [0.25, 0.3) is 5.56 Å². The minimum absolute atomic E-state index is 0.113. The van der Waals surface area contributed by atoms with Crippen LogP contribution in [0.2, 0.25) is 0 Å². The van der Waals surface area contributed by atoms with E-state index in [1.165, 1.54) is 16.3 Å². The van der Waals surface area contributed by atoms with E-state index in [1.807, 2.05) is 37.9 Å². The first-order valence-electron chi connectivity index (χ1n) is 10.6. The number of esters is 1. The summed E-state index contributed by atoms with van der Waals surface area (Å²) in [5, 5.41) is 0.786. The highest BCUT2D eigenvalue weighted by atomic mass is 32.2. The summed E-state index contributed by atoms with van der Waals surface area (Å²) in [6.07, 6.45) is 0. The molecular weight excluding hydrogens is 456 g/mol. The number of aromatic nitrogens is 1. The first-order valence-corrected chi connectivity index (χ1v) is 12.3. The minimum atomic E-state index is -0.724. The Balaban J connectivity index is 2.02. The van der Waals surface area contributed by atoms with Gasteiger partial charge in [0, 0.05) is 24.1 Å². The van der Waals surface area contributed by atoms with Gasteiger partial charge in [0.2, 0.25) is 5.78 Å². The van der Waals surface area contributed by atoms with Crippen LogP contribution in [-0.4, -0.2) is 30.0 Å². The fourth-order valence-corrected chi connectivity index (χ4v) is 6.21. The molecule has 3 aromatic rings. The fraction of sp³-hybridized carbons (Fsp3) is 0.240. The quantitative estimate of drug-likeness (QED) is 0.318. The number of ether oxygens (including phenoxy) is 1. The molecule has 4 rings (SSSR count). The van der Waals surface area contributed by atoms with Gasteiger partial charge in [-0.2, -0.15) is 0 Å². The number of ketones is 1. The molecule has 0 radical (unpaired) electrons. The topological polar surface area (TPSA) is 68.6 Å².